The lowest BCUT2D eigenvalue weighted by Crippen LogP contribution is -2.49. The second kappa shape index (κ2) is 5.96. The summed E-state index contributed by atoms with van der Waals surface area (Å²) in [6.45, 7) is 2.43. The van der Waals surface area contributed by atoms with Crippen molar-refractivity contribution >= 4 is 22.9 Å². The molecule has 1 N–H and O–H groups in total. The van der Waals surface area contributed by atoms with Crippen LogP contribution < -0.4 is 4.90 Å². The van der Waals surface area contributed by atoms with Gasteiger partial charge < -0.3 is 14.8 Å². The molecule has 0 saturated carbocycles. The zero-order valence-corrected chi connectivity index (χ0v) is 13.1. The summed E-state index contributed by atoms with van der Waals surface area (Å²) < 4.78 is 13.8. The highest BCUT2D eigenvalue weighted by molar-refractivity contribution is 5.94. The molecule has 5 nitrogen and oxygen atoms in total. The highest BCUT2D eigenvalue weighted by Crippen LogP contribution is 2.19. The van der Waals surface area contributed by atoms with Gasteiger partial charge in [-0.3, -0.25) is 4.79 Å². The van der Waals surface area contributed by atoms with Crippen molar-refractivity contribution in [3.05, 3.63) is 59.9 Å². The lowest BCUT2D eigenvalue weighted by molar-refractivity contribution is 0.0741. The quantitative estimate of drug-likeness (QED) is 0.788. The average molecular weight is 324 g/mol. The molecule has 0 spiro atoms. The van der Waals surface area contributed by atoms with Gasteiger partial charge in [0, 0.05) is 26.2 Å². The first-order chi connectivity index (χ1) is 11.7. The largest absolute Gasteiger partial charge is 0.339 e. The van der Waals surface area contributed by atoms with Gasteiger partial charge in [0.1, 0.15) is 5.82 Å². The molecule has 3 aromatic rings. The van der Waals surface area contributed by atoms with Gasteiger partial charge in [0.25, 0.3) is 5.91 Å². The van der Waals surface area contributed by atoms with Crippen molar-refractivity contribution in [3.8, 4) is 0 Å². The van der Waals surface area contributed by atoms with Crippen LogP contribution in [0.15, 0.2) is 48.5 Å². The van der Waals surface area contributed by atoms with Crippen molar-refractivity contribution in [2.45, 2.75) is 0 Å². The number of para-hydroxylation sites is 2. The summed E-state index contributed by atoms with van der Waals surface area (Å²) in [6, 6.07) is 14.0. The molecule has 0 unspecified atom stereocenters. The fourth-order valence-corrected chi connectivity index (χ4v) is 3.02. The summed E-state index contributed by atoms with van der Waals surface area (Å²) >= 11 is 0. The van der Waals surface area contributed by atoms with E-state index in [2.05, 4.69) is 14.9 Å². The van der Waals surface area contributed by atoms with Gasteiger partial charge in [0.05, 0.1) is 16.6 Å². The molecule has 1 aromatic heterocycles. The number of aromatic nitrogens is 2. The first-order valence-corrected chi connectivity index (χ1v) is 7.96. The Morgan fingerprint density at radius 2 is 1.71 bits per heavy atom. The van der Waals surface area contributed by atoms with E-state index in [9.17, 15) is 9.18 Å². The number of aromatic amines is 1. The first-order valence-electron chi connectivity index (χ1n) is 7.96. The van der Waals surface area contributed by atoms with Crippen LogP contribution in [0.1, 0.15) is 10.4 Å². The molecule has 1 aliphatic rings. The molecular formula is C18H17FN4O. The maximum Gasteiger partial charge on any atom is 0.256 e. The van der Waals surface area contributed by atoms with E-state index in [1.165, 1.54) is 12.1 Å². The molecule has 1 amide bonds. The van der Waals surface area contributed by atoms with E-state index in [-0.39, 0.29) is 11.5 Å². The van der Waals surface area contributed by atoms with Crippen LogP contribution in [0.25, 0.3) is 11.0 Å². The number of fused-ring (bicyclic) bond motifs is 1. The maximum atomic E-state index is 13.8. The third-order valence-corrected chi connectivity index (χ3v) is 4.35. The Hall–Kier alpha value is -2.89. The molecule has 1 fully saturated rings. The number of amides is 1. The van der Waals surface area contributed by atoms with Gasteiger partial charge in [-0.15, -0.1) is 0 Å². The summed E-state index contributed by atoms with van der Waals surface area (Å²) in [5.74, 6) is 0.0914. The van der Waals surface area contributed by atoms with Crippen molar-refractivity contribution in [1.82, 2.24) is 14.9 Å². The number of carbonyl (C=O) groups excluding carboxylic acids is 1. The highest BCUT2D eigenvalue weighted by atomic mass is 19.1. The average Bonchev–Trinajstić information content (AvgIpc) is 3.06. The Morgan fingerprint density at radius 1 is 1.00 bits per heavy atom. The Bertz CT molecular complexity index is 850. The third kappa shape index (κ3) is 2.60. The molecular weight excluding hydrogens is 307 g/mol. The predicted octanol–water partition coefficient (Wildman–Crippen LogP) is 2.66. The lowest BCUT2D eigenvalue weighted by Gasteiger charge is -2.34. The molecule has 24 heavy (non-hydrogen) atoms. The van der Waals surface area contributed by atoms with E-state index in [1.807, 2.05) is 24.3 Å². The van der Waals surface area contributed by atoms with Gasteiger partial charge >= 0.3 is 0 Å². The van der Waals surface area contributed by atoms with E-state index in [0.29, 0.717) is 26.2 Å². The number of nitrogens with one attached hydrogen (secondary N) is 1. The van der Waals surface area contributed by atoms with Crippen LogP contribution in [-0.2, 0) is 0 Å². The van der Waals surface area contributed by atoms with E-state index in [1.54, 1.807) is 17.0 Å². The molecule has 2 aromatic carbocycles. The zero-order valence-electron chi connectivity index (χ0n) is 13.1. The SMILES string of the molecule is O=C(c1ccccc1F)N1CCN(c2nc3ccccc3[nH]2)CC1. The van der Waals surface area contributed by atoms with Crippen molar-refractivity contribution < 1.29 is 9.18 Å². The summed E-state index contributed by atoms with van der Waals surface area (Å²) in [6.07, 6.45) is 0. The van der Waals surface area contributed by atoms with Crippen LogP contribution in [0.2, 0.25) is 0 Å². The number of H-pyrrole nitrogens is 1. The summed E-state index contributed by atoms with van der Waals surface area (Å²) in [4.78, 5) is 24.1. The van der Waals surface area contributed by atoms with Crippen molar-refractivity contribution in [2.24, 2.45) is 0 Å². The standard InChI is InChI=1S/C18H17FN4O/c19-14-6-2-1-5-13(14)17(24)22-9-11-23(12-10-22)18-20-15-7-3-4-8-16(15)21-18/h1-8H,9-12H2,(H,20,21). The molecule has 1 aliphatic heterocycles. The molecule has 0 atom stereocenters. The molecule has 0 aliphatic carbocycles. The topological polar surface area (TPSA) is 52.2 Å². The van der Waals surface area contributed by atoms with Crippen LogP contribution >= 0.6 is 0 Å². The van der Waals surface area contributed by atoms with Gasteiger partial charge in [0.2, 0.25) is 5.95 Å². The fourth-order valence-electron chi connectivity index (χ4n) is 3.02. The molecule has 2 heterocycles. The number of benzene rings is 2. The van der Waals surface area contributed by atoms with Gasteiger partial charge in [-0.25, -0.2) is 9.37 Å². The smallest absolute Gasteiger partial charge is 0.256 e. The van der Waals surface area contributed by atoms with Crippen LogP contribution in [0.4, 0.5) is 10.3 Å². The number of halogens is 1. The number of imidazole rings is 1. The number of carbonyl (C=O) groups is 1. The minimum Gasteiger partial charge on any atom is -0.339 e. The highest BCUT2D eigenvalue weighted by Gasteiger charge is 2.25. The third-order valence-electron chi connectivity index (χ3n) is 4.35. The normalized spacial score (nSPS) is 15.0. The molecule has 0 bridgehead atoms. The van der Waals surface area contributed by atoms with Crippen molar-refractivity contribution in [1.29, 1.82) is 0 Å². The fraction of sp³-hybridized carbons (Fsp3) is 0.222. The summed E-state index contributed by atoms with van der Waals surface area (Å²) in [7, 11) is 0. The van der Waals surface area contributed by atoms with E-state index in [0.717, 1.165) is 17.0 Å². The van der Waals surface area contributed by atoms with Crippen LogP contribution in [0.3, 0.4) is 0 Å². The Kier molecular flexibility index (Phi) is 3.65. The van der Waals surface area contributed by atoms with Crippen LogP contribution in [0, 0.1) is 5.82 Å². The Balaban J connectivity index is 1.47. The molecule has 0 radical (unpaired) electrons. The van der Waals surface area contributed by atoms with Crippen LogP contribution in [-0.4, -0.2) is 47.0 Å². The lowest BCUT2D eigenvalue weighted by atomic mass is 10.1. The minimum absolute atomic E-state index is 0.134. The zero-order chi connectivity index (χ0) is 16.5. The van der Waals surface area contributed by atoms with Crippen LogP contribution in [0.5, 0.6) is 0 Å². The van der Waals surface area contributed by atoms with Crippen molar-refractivity contribution in [2.75, 3.05) is 31.1 Å². The van der Waals surface area contributed by atoms with Gasteiger partial charge in [0.15, 0.2) is 0 Å². The maximum absolute atomic E-state index is 13.8. The monoisotopic (exact) mass is 324 g/mol. The minimum atomic E-state index is -0.470. The van der Waals surface area contributed by atoms with E-state index < -0.39 is 5.82 Å². The second-order valence-electron chi connectivity index (χ2n) is 5.84. The first kappa shape index (κ1) is 14.7. The summed E-state index contributed by atoms with van der Waals surface area (Å²) in [5, 5.41) is 0. The molecule has 122 valence electrons. The Morgan fingerprint density at radius 3 is 2.46 bits per heavy atom. The number of nitrogens with zero attached hydrogens (tertiary/aromatic N) is 3. The number of rotatable bonds is 2. The molecule has 1 saturated heterocycles. The second-order valence-corrected chi connectivity index (χ2v) is 5.84. The molecule has 6 heteroatoms. The van der Waals surface area contributed by atoms with E-state index >= 15 is 0 Å². The predicted molar refractivity (Wildman–Crippen MR) is 90.6 cm³/mol. The summed E-state index contributed by atoms with van der Waals surface area (Å²) in [5.41, 5.74) is 2.06. The van der Waals surface area contributed by atoms with Gasteiger partial charge in [-0.2, -0.15) is 0 Å². The number of hydrogen-bond acceptors (Lipinski definition) is 3. The molecule has 4 rings (SSSR count). The van der Waals surface area contributed by atoms with E-state index in [4.69, 9.17) is 0 Å². The van der Waals surface area contributed by atoms with Gasteiger partial charge in [-0.05, 0) is 24.3 Å². The van der Waals surface area contributed by atoms with Gasteiger partial charge in [-0.1, -0.05) is 24.3 Å². The number of anilines is 1. The number of piperazine rings is 1. The van der Waals surface area contributed by atoms with Crippen molar-refractivity contribution in [3.63, 3.8) is 0 Å². The number of hydrogen-bond donors (Lipinski definition) is 1. The Labute approximate surface area is 138 Å².